The van der Waals surface area contributed by atoms with E-state index >= 15 is 0 Å². The predicted octanol–water partition coefficient (Wildman–Crippen LogP) is 3.06. The summed E-state index contributed by atoms with van der Waals surface area (Å²) < 4.78 is 5.65. The van der Waals surface area contributed by atoms with Gasteiger partial charge < -0.3 is 9.84 Å². The van der Waals surface area contributed by atoms with Gasteiger partial charge in [-0.05, 0) is 37.3 Å². The lowest BCUT2D eigenvalue weighted by atomic mass is 10.0. The SMILES string of the molecule is CCOC(C(O)Cc1ccccc1Cl)C1CC1. The molecule has 0 radical (unpaired) electrons. The molecule has 0 amide bonds. The average molecular weight is 255 g/mol. The molecule has 1 aliphatic carbocycles. The van der Waals surface area contributed by atoms with Crippen molar-refractivity contribution < 1.29 is 9.84 Å². The molecule has 0 bridgehead atoms. The average Bonchev–Trinajstić information content (AvgIpc) is 3.13. The summed E-state index contributed by atoms with van der Waals surface area (Å²) in [5.74, 6) is 0.535. The highest BCUT2D eigenvalue weighted by molar-refractivity contribution is 6.31. The minimum absolute atomic E-state index is 0.0312. The molecule has 1 aromatic rings. The zero-order valence-corrected chi connectivity index (χ0v) is 10.9. The topological polar surface area (TPSA) is 29.5 Å². The number of hydrogen-bond acceptors (Lipinski definition) is 2. The minimum atomic E-state index is -0.456. The van der Waals surface area contributed by atoms with Gasteiger partial charge in [0.05, 0.1) is 12.2 Å². The van der Waals surface area contributed by atoms with Gasteiger partial charge in [0, 0.05) is 18.1 Å². The molecule has 0 heterocycles. The van der Waals surface area contributed by atoms with E-state index in [0.29, 0.717) is 18.9 Å². The maximum absolute atomic E-state index is 10.2. The van der Waals surface area contributed by atoms with Gasteiger partial charge in [0.15, 0.2) is 0 Å². The summed E-state index contributed by atoms with van der Waals surface area (Å²) in [5.41, 5.74) is 0.993. The van der Waals surface area contributed by atoms with Crippen molar-refractivity contribution in [1.29, 1.82) is 0 Å². The van der Waals surface area contributed by atoms with E-state index in [2.05, 4.69) is 0 Å². The van der Waals surface area contributed by atoms with Crippen LogP contribution in [0.2, 0.25) is 5.02 Å². The highest BCUT2D eigenvalue weighted by Crippen LogP contribution is 2.36. The first-order valence-electron chi connectivity index (χ1n) is 6.25. The lowest BCUT2D eigenvalue weighted by Gasteiger charge is -2.23. The van der Waals surface area contributed by atoms with Crippen molar-refractivity contribution >= 4 is 11.6 Å². The third kappa shape index (κ3) is 3.44. The fourth-order valence-electron chi connectivity index (χ4n) is 2.18. The molecule has 1 saturated carbocycles. The Morgan fingerprint density at radius 3 is 2.71 bits per heavy atom. The summed E-state index contributed by atoms with van der Waals surface area (Å²) in [6.45, 7) is 2.62. The fourth-order valence-corrected chi connectivity index (χ4v) is 2.40. The Labute approximate surface area is 108 Å². The van der Waals surface area contributed by atoms with E-state index in [1.165, 1.54) is 12.8 Å². The molecule has 1 N–H and O–H groups in total. The first-order valence-corrected chi connectivity index (χ1v) is 6.63. The zero-order valence-electron chi connectivity index (χ0n) is 10.1. The number of rotatable bonds is 6. The fraction of sp³-hybridized carbons (Fsp3) is 0.571. The monoisotopic (exact) mass is 254 g/mol. The summed E-state index contributed by atoms with van der Waals surface area (Å²) >= 11 is 6.09. The van der Waals surface area contributed by atoms with Crippen LogP contribution >= 0.6 is 11.6 Å². The highest BCUT2D eigenvalue weighted by Gasteiger charge is 2.36. The van der Waals surface area contributed by atoms with Crippen LogP contribution in [-0.4, -0.2) is 23.9 Å². The third-order valence-electron chi connectivity index (χ3n) is 3.21. The number of aliphatic hydroxyl groups is 1. The van der Waals surface area contributed by atoms with Crippen LogP contribution in [0.5, 0.6) is 0 Å². The van der Waals surface area contributed by atoms with E-state index in [-0.39, 0.29) is 6.10 Å². The van der Waals surface area contributed by atoms with Crippen LogP contribution in [0.15, 0.2) is 24.3 Å². The summed E-state index contributed by atoms with van der Waals surface area (Å²) in [4.78, 5) is 0. The van der Waals surface area contributed by atoms with Gasteiger partial charge in [0.2, 0.25) is 0 Å². The van der Waals surface area contributed by atoms with Gasteiger partial charge >= 0.3 is 0 Å². The van der Waals surface area contributed by atoms with Gasteiger partial charge in [-0.15, -0.1) is 0 Å². The Balaban J connectivity index is 1.99. The lowest BCUT2D eigenvalue weighted by molar-refractivity contribution is -0.0439. The molecular weight excluding hydrogens is 236 g/mol. The van der Waals surface area contributed by atoms with E-state index in [1.807, 2.05) is 31.2 Å². The molecular formula is C14H19ClO2. The van der Waals surface area contributed by atoms with Crippen molar-refractivity contribution in [1.82, 2.24) is 0 Å². The molecule has 1 aliphatic rings. The van der Waals surface area contributed by atoms with Gasteiger partial charge in [-0.1, -0.05) is 29.8 Å². The van der Waals surface area contributed by atoms with Crippen LogP contribution in [0.1, 0.15) is 25.3 Å². The molecule has 2 unspecified atom stereocenters. The van der Waals surface area contributed by atoms with Gasteiger partial charge in [0.25, 0.3) is 0 Å². The number of benzene rings is 1. The molecule has 0 spiro atoms. The Hall–Kier alpha value is -0.570. The summed E-state index contributed by atoms with van der Waals surface area (Å²) in [6.07, 6.45) is 2.42. The van der Waals surface area contributed by atoms with Crippen molar-refractivity contribution in [2.45, 2.75) is 38.4 Å². The van der Waals surface area contributed by atoms with Crippen molar-refractivity contribution in [3.8, 4) is 0 Å². The largest absolute Gasteiger partial charge is 0.390 e. The van der Waals surface area contributed by atoms with E-state index < -0.39 is 6.10 Å². The van der Waals surface area contributed by atoms with Crippen molar-refractivity contribution in [3.05, 3.63) is 34.9 Å². The zero-order chi connectivity index (χ0) is 12.3. The van der Waals surface area contributed by atoms with Gasteiger partial charge in [-0.2, -0.15) is 0 Å². The molecule has 3 heteroatoms. The Morgan fingerprint density at radius 1 is 1.41 bits per heavy atom. The molecule has 0 saturated heterocycles. The molecule has 2 rings (SSSR count). The summed E-state index contributed by atoms with van der Waals surface area (Å²) in [5, 5.41) is 11.0. The van der Waals surface area contributed by atoms with Gasteiger partial charge in [-0.3, -0.25) is 0 Å². The smallest absolute Gasteiger partial charge is 0.0865 e. The first-order chi connectivity index (χ1) is 8.22. The molecule has 94 valence electrons. The normalized spacial score (nSPS) is 19.0. The lowest BCUT2D eigenvalue weighted by Crippen LogP contribution is -2.33. The maximum Gasteiger partial charge on any atom is 0.0865 e. The molecule has 1 aromatic carbocycles. The Morgan fingerprint density at radius 2 is 2.12 bits per heavy atom. The Bertz CT molecular complexity index is 363. The van der Waals surface area contributed by atoms with Crippen molar-refractivity contribution in [2.24, 2.45) is 5.92 Å². The summed E-state index contributed by atoms with van der Waals surface area (Å²) in [7, 11) is 0. The predicted molar refractivity (Wildman–Crippen MR) is 69.3 cm³/mol. The van der Waals surface area contributed by atoms with Gasteiger partial charge in [0.1, 0.15) is 0 Å². The molecule has 2 nitrogen and oxygen atoms in total. The van der Waals surface area contributed by atoms with E-state index in [0.717, 1.165) is 10.6 Å². The first kappa shape index (κ1) is 12.9. The van der Waals surface area contributed by atoms with Crippen LogP contribution in [0.3, 0.4) is 0 Å². The molecule has 17 heavy (non-hydrogen) atoms. The maximum atomic E-state index is 10.2. The van der Waals surface area contributed by atoms with Gasteiger partial charge in [-0.25, -0.2) is 0 Å². The summed E-state index contributed by atoms with van der Waals surface area (Å²) in [6, 6.07) is 7.66. The second-order valence-electron chi connectivity index (χ2n) is 4.62. The molecule has 0 aliphatic heterocycles. The Kier molecular flexibility index (Phi) is 4.43. The van der Waals surface area contributed by atoms with Crippen LogP contribution in [-0.2, 0) is 11.2 Å². The molecule has 0 aromatic heterocycles. The van der Waals surface area contributed by atoms with E-state index in [9.17, 15) is 5.11 Å². The standard InChI is InChI=1S/C14H19ClO2/c1-2-17-14(10-7-8-10)13(16)9-11-5-3-4-6-12(11)15/h3-6,10,13-14,16H,2,7-9H2,1H3. The highest BCUT2D eigenvalue weighted by atomic mass is 35.5. The van der Waals surface area contributed by atoms with Crippen LogP contribution in [0.25, 0.3) is 0 Å². The number of hydrogen-bond donors (Lipinski definition) is 1. The van der Waals surface area contributed by atoms with E-state index in [4.69, 9.17) is 16.3 Å². The number of aliphatic hydroxyl groups excluding tert-OH is 1. The second-order valence-corrected chi connectivity index (χ2v) is 5.03. The van der Waals surface area contributed by atoms with Crippen LogP contribution in [0, 0.1) is 5.92 Å². The number of ether oxygens (including phenoxy) is 1. The van der Waals surface area contributed by atoms with Crippen LogP contribution in [0.4, 0.5) is 0 Å². The van der Waals surface area contributed by atoms with Crippen molar-refractivity contribution in [2.75, 3.05) is 6.61 Å². The third-order valence-corrected chi connectivity index (χ3v) is 3.58. The van der Waals surface area contributed by atoms with E-state index in [1.54, 1.807) is 0 Å². The second kappa shape index (κ2) is 5.85. The van der Waals surface area contributed by atoms with Crippen LogP contribution < -0.4 is 0 Å². The molecule has 2 atom stereocenters. The minimum Gasteiger partial charge on any atom is -0.390 e. The molecule has 1 fully saturated rings. The van der Waals surface area contributed by atoms with Crippen molar-refractivity contribution in [3.63, 3.8) is 0 Å². The quantitative estimate of drug-likeness (QED) is 0.846. The number of halogens is 1.